The molecule has 0 atom stereocenters. The van der Waals surface area contributed by atoms with Crippen molar-refractivity contribution in [3.63, 3.8) is 0 Å². The topological polar surface area (TPSA) is 78.6 Å². The van der Waals surface area contributed by atoms with Crippen molar-refractivity contribution in [1.29, 1.82) is 0 Å². The van der Waals surface area contributed by atoms with Crippen LogP contribution in [0.2, 0.25) is 0 Å². The molecule has 0 saturated heterocycles. The predicted octanol–water partition coefficient (Wildman–Crippen LogP) is 2.53. The normalized spacial score (nSPS) is 10.8. The van der Waals surface area contributed by atoms with E-state index in [1.807, 2.05) is 0 Å². The van der Waals surface area contributed by atoms with E-state index in [1.54, 1.807) is 24.4 Å². The zero-order valence-electron chi connectivity index (χ0n) is 13.2. The van der Waals surface area contributed by atoms with E-state index >= 15 is 0 Å². The van der Waals surface area contributed by atoms with Crippen LogP contribution in [0.4, 0.5) is 4.39 Å². The van der Waals surface area contributed by atoms with E-state index in [2.05, 4.69) is 15.3 Å². The maximum absolute atomic E-state index is 12.9. The van der Waals surface area contributed by atoms with Crippen molar-refractivity contribution in [3.05, 3.63) is 72.1 Å². The number of rotatable bonds is 5. The number of ether oxygens (including phenoxy) is 2. The zero-order chi connectivity index (χ0) is 17.6. The lowest BCUT2D eigenvalue weighted by Gasteiger charge is -2.10. The molecular formula is C17H13FN4O3. The van der Waals surface area contributed by atoms with Gasteiger partial charge in [0.15, 0.2) is 11.5 Å². The van der Waals surface area contributed by atoms with Crippen LogP contribution in [0.25, 0.3) is 0 Å². The van der Waals surface area contributed by atoms with Gasteiger partial charge in [0.2, 0.25) is 0 Å². The number of hydrogen-bond acceptors (Lipinski definition) is 6. The number of hydrogen-bond donors (Lipinski definition) is 0. The SMILES string of the molecule is COc1cc(C=Nn2cnnc2)ccc1OC(=O)c1ccc(F)cc1. The minimum atomic E-state index is -0.607. The van der Waals surface area contributed by atoms with Crippen LogP contribution in [-0.2, 0) is 0 Å². The molecule has 0 amide bonds. The Balaban J connectivity index is 1.77. The van der Waals surface area contributed by atoms with Crippen LogP contribution in [0.1, 0.15) is 15.9 Å². The largest absolute Gasteiger partial charge is 0.493 e. The van der Waals surface area contributed by atoms with Crippen molar-refractivity contribution in [2.24, 2.45) is 5.10 Å². The van der Waals surface area contributed by atoms with Gasteiger partial charge in [-0.1, -0.05) is 0 Å². The van der Waals surface area contributed by atoms with Crippen molar-refractivity contribution < 1.29 is 18.7 Å². The van der Waals surface area contributed by atoms with E-state index in [1.165, 1.54) is 48.7 Å². The van der Waals surface area contributed by atoms with E-state index in [0.29, 0.717) is 5.75 Å². The molecule has 0 aliphatic heterocycles. The number of aromatic nitrogens is 3. The zero-order valence-corrected chi connectivity index (χ0v) is 13.2. The van der Waals surface area contributed by atoms with Crippen LogP contribution in [-0.4, -0.2) is 34.2 Å². The summed E-state index contributed by atoms with van der Waals surface area (Å²) in [7, 11) is 1.46. The molecule has 0 fully saturated rings. The molecule has 2 aromatic carbocycles. The van der Waals surface area contributed by atoms with Gasteiger partial charge in [-0.05, 0) is 48.0 Å². The molecular weight excluding hydrogens is 327 g/mol. The van der Waals surface area contributed by atoms with E-state index < -0.39 is 11.8 Å². The Morgan fingerprint density at radius 2 is 1.84 bits per heavy atom. The first-order valence-electron chi connectivity index (χ1n) is 7.20. The van der Waals surface area contributed by atoms with E-state index in [-0.39, 0.29) is 11.3 Å². The molecule has 3 aromatic rings. The number of esters is 1. The molecule has 0 saturated carbocycles. The first kappa shape index (κ1) is 16.3. The Kier molecular flexibility index (Phi) is 4.79. The molecule has 126 valence electrons. The van der Waals surface area contributed by atoms with Crippen LogP contribution >= 0.6 is 0 Å². The molecule has 0 unspecified atom stereocenters. The van der Waals surface area contributed by atoms with Gasteiger partial charge >= 0.3 is 5.97 Å². The molecule has 7 nitrogen and oxygen atoms in total. The number of methoxy groups -OCH3 is 1. The summed E-state index contributed by atoms with van der Waals surface area (Å²) in [6, 6.07) is 10.1. The Morgan fingerprint density at radius 1 is 1.12 bits per heavy atom. The fraction of sp³-hybridized carbons (Fsp3) is 0.0588. The molecule has 1 heterocycles. The second kappa shape index (κ2) is 7.35. The lowest BCUT2D eigenvalue weighted by atomic mass is 10.2. The Hall–Kier alpha value is -3.55. The summed E-state index contributed by atoms with van der Waals surface area (Å²) in [5.74, 6) is -0.420. The van der Waals surface area contributed by atoms with Gasteiger partial charge in [0.25, 0.3) is 0 Å². The number of benzene rings is 2. The minimum Gasteiger partial charge on any atom is -0.493 e. The van der Waals surface area contributed by atoms with Gasteiger partial charge in [0, 0.05) is 0 Å². The van der Waals surface area contributed by atoms with E-state index in [9.17, 15) is 9.18 Å². The second-order valence-electron chi connectivity index (χ2n) is 4.89. The third kappa shape index (κ3) is 4.05. The highest BCUT2D eigenvalue weighted by Crippen LogP contribution is 2.28. The minimum absolute atomic E-state index is 0.238. The molecule has 0 aliphatic rings. The first-order valence-corrected chi connectivity index (χ1v) is 7.20. The monoisotopic (exact) mass is 340 g/mol. The highest BCUT2D eigenvalue weighted by molar-refractivity contribution is 5.91. The van der Waals surface area contributed by atoms with Gasteiger partial charge in [0.05, 0.1) is 18.9 Å². The molecule has 8 heteroatoms. The average Bonchev–Trinajstić information content (AvgIpc) is 3.15. The number of halogens is 1. The van der Waals surface area contributed by atoms with E-state index in [0.717, 1.165) is 5.56 Å². The van der Waals surface area contributed by atoms with Crippen LogP contribution in [0.15, 0.2) is 60.2 Å². The lowest BCUT2D eigenvalue weighted by Crippen LogP contribution is -2.09. The van der Waals surface area contributed by atoms with Crippen molar-refractivity contribution in [1.82, 2.24) is 14.9 Å². The fourth-order valence-corrected chi connectivity index (χ4v) is 1.98. The summed E-state index contributed by atoms with van der Waals surface area (Å²) in [5, 5.41) is 11.4. The lowest BCUT2D eigenvalue weighted by molar-refractivity contribution is 0.0729. The molecule has 0 bridgehead atoms. The third-order valence-corrected chi connectivity index (χ3v) is 3.22. The third-order valence-electron chi connectivity index (χ3n) is 3.22. The van der Waals surface area contributed by atoms with Gasteiger partial charge < -0.3 is 9.47 Å². The van der Waals surface area contributed by atoms with Gasteiger partial charge in [-0.15, -0.1) is 10.2 Å². The van der Waals surface area contributed by atoms with Crippen molar-refractivity contribution in [2.45, 2.75) is 0 Å². The second-order valence-corrected chi connectivity index (χ2v) is 4.89. The molecule has 0 aliphatic carbocycles. The molecule has 1 aromatic heterocycles. The summed E-state index contributed by atoms with van der Waals surface area (Å²) in [5.41, 5.74) is 0.967. The number of nitrogens with zero attached hydrogens (tertiary/aromatic N) is 4. The number of carbonyl (C=O) groups excluding carboxylic acids is 1. The van der Waals surface area contributed by atoms with Gasteiger partial charge in [-0.3, -0.25) is 0 Å². The highest BCUT2D eigenvalue weighted by Gasteiger charge is 2.13. The maximum atomic E-state index is 12.9. The summed E-state index contributed by atoms with van der Waals surface area (Å²) < 4.78 is 24.9. The Labute approximate surface area is 142 Å². The fourth-order valence-electron chi connectivity index (χ4n) is 1.98. The van der Waals surface area contributed by atoms with Crippen LogP contribution in [0.3, 0.4) is 0 Å². The van der Waals surface area contributed by atoms with Gasteiger partial charge in [-0.2, -0.15) is 5.10 Å². The Bertz CT molecular complexity index is 893. The first-order chi connectivity index (χ1) is 12.2. The van der Waals surface area contributed by atoms with Gasteiger partial charge in [-0.25, -0.2) is 13.9 Å². The van der Waals surface area contributed by atoms with Crippen molar-refractivity contribution >= 4 is 12.2 Å². The molecule has 0 spiro atoms. The van der Waals surface area contributed by atoms with Gasteiger partial charge in [0.1, 0.15) is 18.5 Å². The quantitative estimate of drug-likeness (QED) is 0.405. The maximum Gasteiger partial charge on any atom is 0.343 e. The van der Waals surface area contributed by atoms with Crippen molar-refractivity contribution in [2.75, 3.05) is 7.11 Å². The predicted molar refractivity (Wildman–Crippen MR) is 87.4 cm³/mol. The molecule has 25 heavy (non-hydrogen) atoms. The van der Waals surface area contributed by atoms with E-state index in [4.69, 9.17) is 9.47 Å². The standard InChI is InChI=1S/C17H13FN4O3/c1-24-16-8-12(9-21-22-10-19-20-11-22)2-7-15(16)25-17(23)13-3-5-14(18)6-4-13/h2-11H,1H3. The summed E-state index contributed by atoms with van der Waals surface area (Å²) >= 11 is 0. The average molecular weight is 340 g/mol. The summed E-state index contributed by atoms with van der Waals surface area (Å²) in [4.78, 5) is 12.1. The molecule has 0 radical (unpaired) electrons. The summed E-state index contributed by atoms with van der Waals surface area (Å²) in [6.45, 7) is 0. The van der Waals surface area contributed by atoms with Crippen LogP contribution in [0.5, 0.6) is 11.5 Å². The summed E-state index contributed by atoms with van der Waals surface area (Å²) in [6.07, 6.45) is 4.48. The van der Waals surface area contributed by atoms with Crippen molar-refractivity contribution in [3.8, 4) is 11.5 Å². The highest BCUT2D eigenvalue weighted by atomic mass is 19.1. The molecule has 0 N–H and O–H groups in total. The van der Waals surface area contributed by atoms with Crippen LogP contribution < -0.4 is 9.47 Å². The Morgan fingerprint density at radius 3 is 2.52 bits per heavy atom. The molecule has 3 rings (SSSR count). The smallest absolute Gasteiger partial charge is 0.343 e. The number of carbonyl (C=O) groups is 1. The van der Waals surface area contributed by atoms with Crippen LogP contribution in [0, 0.1) is 5.82 Å².